The van der Waals surface area contributed by atoms with Crippen LogP contribution in [-0.2, 0) is 6.42 Å². The maximum absolute atomic E-state index is 6.53. The Labute approximate surface area is 136 Å². The van der Waals surface area contributed by atoms with Crippen LogP contribution in [0.3, 0.4) is 0 Å². The first-order valence-corrected chi connectivity index (χ1v) is 8.35. The van der Waals surface area contributed by atoms with E-state index in [1.54, 1.807) is 0 Å². The Morgan fingerprint density at radius 3 is 2.91 bits per heavy atom. The molecule has 0 fully saturated rings. The molecule has 0 atom stereocenters. The van der Waals surface area contributed by atoms with Crippen LogP contribution in [0.4, 0.5) is 17.3 Å². The van der Waals surface area contributed by atoms with Crippen molar-refractivity contribution in [3.05, 3.63) is 33.8 Å². The van der Waals surface area contributed by atoms with Crippen molar-refractivity contribution in [2.24, 2.45) is 0 Å². The number of halogens is 1. The van der Waals surface area contributed by atoms with E-state index in [0.29, 0.717) is 0 Å². The Morgan fingerprint density at radius 2 is 2.18 bits per heavy atom. The number of aromatic nitrogens is 2. The van der Waals surface area contributed by atoms with Crippen LogP contribution in [0, 0.1) is 13.8 Å². The summed E-state index contributed by atoms with van der Waals surface area (Å²) in [4.78, 5) is 2.25. The molecule has 0 amide bonds. The van der Waals surface area contributed by atoms with E-state index in [1.165, 1.54) is 16.7 Å². The molecule has 4 nitrogen and oxygen atoms in total. The fourth-order valence-electron chi connectivity index (χ4n) is 3.20. The van der Waals surface area contributed by atoms with E-state index in [0.717, 1.165) is 54.7 Å². The maximum Gasteiger partial charge on any atom is 0.160 e. The van der Waals surface area contributed by atoms with Crippen molar-refractivity contribution in [2.75, 3.05) is 23.3 Å². The molecule has 1 aliphatic rings. The van der Waals surface area contributed by atoms with E-state index < -0.39 is 0 Å². The van der Waals surface area contributed by atoms with Crippen LogP contribution in [0.2, 0.25) is 5.02 Å². The number of fused-ring (bicyclic) bond motifs is 1. The molecule has 5 heteroatoms. The predicted molar refractivity (Wildman–Crippen MR) is 93.6 cm³/mol. The van der Waals surface area contributed by atoms with E-state index in [9.17, 15) is 0 Å². The molecule has 22 heavy (non-hydrogen) atoms. The number of hydrogen-bond acceptors (Lipinski definition) is 3. The quantitative estimate of drug-likeness (QED) is 0.866. The Balaban J connectivity index is 2.01. The zero-order valence-corrected chi connectivity index (χ0v) is 14.2. The van der Waals surface area contributed by atoms with Crippen molar-refractivity contribution >= 4 is 28.9 Å². The highest BCUT2D eigenvalue weighted by molar-refractivity contribution is 6.33. The molecule has 0 bridgehead atoms. The molecular weight excluding hydrogens is 296 g/mol. The average molecular weight is 319 g/mol. The average Bonchev–Trinajstić information content (AvgIpc) is 2.88. The van der Waals surface area contributed by atoms with Gasteiger partial charge in [-0.05, 0) is 50.3 Å². The van der Waals surface area contributed by atoms with Crippen LogP contribution in [0.25, 0.3) is 0 Å². The van der Waals surface area contributed by atoms with Gasteiger partial charge in [-0.15, -0.1) is 0 Å². The molecule has 2 heterocycles. The van der Waals surface area contributed by atoms with Crippen LogP contribution in [0.5, 0.6) is 0 Å². The van der Waals surface area contributed by atoms with Gasteiger partial charge in [-0.1, -0.05) is 24.6 Å². The second-order valence-electron chi connectivity index (χ2n) is 5.99. The number of H-pyrrole nitrogens is 1. The normalized spacial score (nSPS) is 14.1. The van der Waals surface area contributed by atoms with Gasteiger partial charge >= 0.3 is 0 Å². The van der Waals surface area contributed by atoms with Gasteiger partial charge in [0.05, 0.1) is 10.7 Å². The minimum Gasteiger partial charge on any atom is -0.370 e. The lowest BCUT2D eigenvalue weighted by molar-refractivity contribution is 0.759. The molecule has 0 radical (unpaired) electrons. The lowest BCUT2D eigenvalue weighted by atomic mass is 10.0. The minimum absolute atomic E-state index is 0.802. The standard InChI is InChI=1S/C17H23ClN4/c1-4-7-19-16-13-6-5-8-22(17(13)21-20-16)15-12(3)9-11(2)10-14(15)18/h9-10H,4-8H2,1-3H3,(H2,19,20,21). The number of rotatable bonds is 4. The lowest BCUT2D eigenvalue weighted by Crippen LogP contribution is -2.25. The van der Waals surface area contributed by atoms with Crippen LogP contribution in [0.15, 0.2) is 12.1 Å². The molecule has 0 aliphatic carbocycles. The number of nitrogens with zero attached hydrogens (tertiary/aromatic N) is 2. The van der Waals surface area contributed by atoms with Crippen molar-refractivity contribution in [1.82, 2.24) is 10.2 Å². The molecule has 0 unspecified atom stereocenters. The molecular formula is C17H23ClN4. The molecule has 2 N–H and O–H groups in total. The topological polar surface area (TPSA) is 44.0 Å². The molecule has 1 aliphatic heterocycles. The third kappa shape index (κ3) is 2.68. The molecule has 0 saturated carbocycles. The summed E-state index contributed by atoms with van der Waals surface area (Å²) in [6.07, 6.45) is 3.26. The number of aromatic amines is 1. The van der Waals surface area contributed by atoms with Crippen molar-refractivity contribution < 1.29 is 0 Å². The fraction of sp³-hybridized carbons (Fsp3) is 0.471. The van der Waals surface area contributed by atoms with Gasteiger partial charge in [0.15, 0.2) is 5.82 Å². The summed E-state index contributed by atoms with van der Waals surface area (Å²) in [7, 11) is 0. The highest BCUT2D eigenvalue weighted by Crippen LogP contribution is 2.40. The van der Waals surface area contributed by atoms with Gasteiger partial charge in [0.25, 0.3) is 0 Å². The minimum atomic E-state index is 0.802. The van der Waals surface area contributed by atoms with Gasteiger partial charge in [-0.25, -0.2) is 0 Å². The zero-order chi connectivity index (χ0) is 15.7. The monoisotopic (exact) mass is 318 g/mol. The van der Waals surface area contributed by atoms with Crippen LogP contribution >= 0.6 is 11.6 Å². The zero-order valence-electron chi connectivity index (χ0n) is 13.5. The summed E-state index contributed by atoms with van der Waals surface area (Å²) in [5.74, 6) is 2.07. The van der Waals surface area contributed by atoms with E-state index in [-0.39, 0.29) is 0 Å². The highest BCUT2D eigenvalue weighted by atomic mass is 35.5. The third-order valence-corrected chi connectivity index (χ3v) is 4.42. The molecule has 118 valence electrons. The van der Waals surface area contributed by atoms with Crippen molar-refractivity contribution in [3.8, 4) is 0 Å². The lowest BCUT2D eigenvalue weighted by Gasteiger charge is -2.30. The summed E-state index contributed by atoms with van der Waals surface area (Å²) in [5.41, 5.74) is 4.75. The first-order chi connectivity index (χ1) is 10.6. The summed E-state index contributed by atoms with van der Waals surface area (Å²) in [6, 6.07) is 4.21. The molecule has 0 spiro atoms. The highest BCUT2D eigenvalue weighted by Gasteiger charge is 2.26. The van der Waals surface area contributed by atoms with E-state index in [1.807, 2.05) is 6.07 Å². The van der Waals surface area contributed by atoms with E-state index >= 15 is 0 Å². The van der Waals surface area contributed by atoms with Crippen molar-refractivity contribution in [2.45, 2.75) is 40.0 Å². The van der Waals surface area contributed by atoms with Gasteiger partial charge in [0, 0.05) is 18.7 Å². The predicted octanol–water partition coefficient (Wildman–Crippen LogP) is 4.59. The molecule has 1 aromatic heterocycles. The maximum atomic E-state index is 6.53. The Bertz CT molecular complexity index is 654. The van der Waals surface area contributed by atoms with Gasteiger partial charge in [-0.2, -0.15) is 5.10 Å². The molecule has 0 saturated heterocycles. The molecule has 3 rings (SSSR count). The van der Waals surface area contributed by atoms with Gasteiger partial charge in [-0.3, -0.25) is 5.10 Å². The number of hydrogen-bond donors (Lipinski definition) is 2. The Hall–Kier alpha value is -1.68. The van der Waals surface area contributed by atoms with Gasteiger partial charge in [0.1, 0.15) is 5.82 Å². The van der Waals surface area contributed by atoms with Crippen LogP contribution in [-0.4, -0.2) is 23.3 Å². The third-order valence-electron chi connectivity index (χ3n) is 4.13. The number of benzene rings is 1. The molecule has 2 aromatic rings. The molecule has 1 aromatic carbocycles. The van der Waals surface area contributed by atoms with Gasteiger partial charge < -0.3 is 10.2 Å². The number of aryl methyl sites for hydroxylation is 2. The van der Waals surface area contributed by atoms with Crippen LogP contribution in [0.1, 0.15) is 36.5 Å². The Kier molecular flexibility index (Phi) is 4.30. The smallest absolute Gasteiger partial charge is 0.160 e. The summed E-state index contributed by atoms with van der Waals surface area (Å²) < 4.78 is 0. The number of nitrogens with one attached hydrogen (secondary N) is 2. The fourth-order valence-corrected chi connectivity index (χ4v) is 3.62. The summed E-state index contributed by atoms with van der Waals surface area (Å²) >= 11 is 6.53. The summed E-state index contributed by atoms with van der Waals surface area (Å²) in [6.45, 7) is 8.27. The number of anilines is 3. The van der Waals surface area contributed by atoms with Gasteiger partial charge in [0.2, 0.25) is 0 Å². The largest absolute Gasteiger partial charge is 0.370 e. The first-order valence-electron chi connectivity index (χ1n) is 7.97. The second kappa shape index (κ2) is 6.21. The van der Waals surface area contributed by atoms with Crippen molar-refractivity contribution in [1.29, 1.82) is 0 Å². The Morgan fingerprint density at radius 1 is 1.36 bits per heavy atom. The van der Waals surface area contributed by atoms with E-state index in [4.69, 9.17) is 11.6 Å². The summed E-state index contributed by atoms with van der Waals surface area (Å²) in [5, 5.41) is 11.9. The van der Waals surface area contributed by atoms with Crippen molar-refractivity contribution in [3.63, 3.8) is 0 Å². The van der Waals surface area contributed by atoms with E-state index in [2.05, 4.69) is 47.3 Å². The first kappa shape index (κ1) is 15.2. The SMILES string of the molecule is CCCNc1[nH]nc2c1CCCN2c1c(C)cc(C)cc1Cl. The van der Waals surface area contributed by atoms with Crippen LogP contribution < -0.4 is 10.2 Å². The second-order valence-corrected chi connectivity index (χ2v) is 6.40.